The van der Waals surface area contributed by atoms with Crippen molar-refractivity contribution in [3.63, 3.8) is 0 Å². The number of amides is 2. The summed E-state index contributed by atoms with van der Waals surface area (Å²) >= 11 is 6.10. The van der Waals surface area contributed by atoms with Gasteiger partial charge in [-0.1, -0.05) is 23.7 Å². The minimum Gasteiger partial charge on any atom is -0.356 e. The molecule has 2 amide bonds. The third kappa shape index (κ3) is 3.61. The molecule has 1 aliphatic carbocycles. The van der Waals surface area contributed by atoms with Crippen LogP contribution in [0.3, 0.4) is 0 Å². The number of hydrogen-bond donors (Lipinski definition) is 1. The molecule has 4 nitrogen and oxygen atoms in total. The van der Waals surface area contributed by atoms with E-state index in [0.29, 0.717) is 29.6 Å². The number of rotatable bonds is 4. The third-order valence-electron chi connectivity index (χ3n) is 4.45. The number of nitrogens with one attached hydrogen (secondary N) is 1. The third-order valence-corrected chi connectivity index (χ3v) is 4.78. The second kappa shape index (κ2) is 6.69. The molecule has 0 radical (unpaired) electrons. The summed E-state index contributed by atoms with van der Waals surface area (Å²) in [4.78, 5) is 26.6. The van der Waals surface area contributed by atoms with E-state index in [0.717, 1.165) is 19.4 Å². The summed E-state index contributed by atoms with van der Waals surface area (Å²) in [6.45, 7) is 1.96. The standard InChI is InChI=1S/C17H21ClN2O2/c18-15-6-2-1-5-14(15)17(22)20-9-3-4-13(11-20)16(21)19-10-12-7-8-12/h1-2,5-6,12-13H,3-4,7-11H2,(H,19,21). The van der Waals surface area contributed by atoms with Crippen LogP contribution in [0.4, 0.5) is 0 Å². The SMILES string of the molecule is O=C(NCC1CC1)C1CCCN(C(=O)c2ccccc2Cl)C1. The molecular formula is C17H21ClN2O2. The molecule has 2 aliphatic rings. The van der Waals surface area contributed by atoms with Crippen LogP contribution in [-0.2, 0) is 4.79 Å². The highest BCUT2D eigenvalue weighted by atomic mass is 35.5. The van der Waals surface area contributed by atoms with Gasteiger partial charge in [0.15, 0.2) is 0 Å². The zero-order valence-electron chi connectivity index (χ0n) is 12.6. The molecule has 2 fully saturated rings. The summed E-state index contributed by atoms with van der Waals surface area (Å²) in [6, 6.07) is 7.08. The van der Waals surface area contributed by atoms with Crippen molar-refractivity contribution in [2.45, 2.75) is 25.7 Å². The van der Waals surface area contributed by atoms with Crippen molar-refractivity contribution >= 4 is 23.4 Å². The van der Waals surface area contributed by atoms with E-state index in [-0.39, 0.29) is 17.7 Å². The summed E-state index contributed by atoms with van der Waals surface area (Å²) < 4.78 is 0. The number of halogens is 1. The maximum absolute atomic E-state index is 12.6. The van der Waals surface area contributed by atoms with Gasteiger partial charge >= 0.3 is 0 Å². The van der Waals surface area contributed by atoms with Crippen LogP contribution < -0.4 is 5.32 Å². The van der Waals surface area contributed by atoms with Crippen molar-refractivity contribution in [2.75, 3.05) is 19.6 Å². The van der Waals surface area contributed by atoms with Crippen molar-refractivity contribution < 1.29 is 9.59 Å². The fraction of sp³-hybridized carbons (Fsp3) is 0.529. The predicted octanol–water partition coefficient (Wildman–Crippen LogP) is 2.72. The summed E-state index contributed by atoms with van der Waals surface area (Å²) in [5.41, 5.74) is 0.517. The number of carbonyl (C=O) groups excluding carboxylic acids is 2. The molecule has 0 spiro atoms. The summed E-state index contributed by atoms with van der Waals surface area (Å²) in [5, 5.41) is 3.49. The summed E-state index contributed by atoms with van der Waals surface area (Å²) in [7, 11) is 0. The highest BCUT2D eigenvalue weighted by Crippen LogP contribution is 2.28. The van der Waals surface area contributed by atoms with Crippen LogP contribution in [0.2, 0.25) is 5.02 Å². The predicted molar refractivity (Wildman–Crippen MR) is 85.8 cm³/mol. The van der Waals surface area contributed by atoms with Gasteiger partial charge in [0, 0.05) is 19.6 Å². The molecule has 1 aliphatic heterocycles. The van der Waals surface area contributed by atoms with Crippen LogP contribution in [0, 0.1) is 11.8 Å². The largest absolute Gasteiger partial charge is 0.356 e. The Morgan fingerprint density at radius 2 is 2.00 bits per heavy atom. The lowest BCUT2D eigenvalue weighted by molar-refractivity contribution is -0.126. The Kier molecular flexibility index (Phi) is 4.67. The Bertz CT molecular complexity index is 572. The quantitative estimate of drug-likeness (QED) is 0.927. The number of benzene rings is 1. The molecule has 1 atom stereocenters. The van der Waals surface area contributed by atoms with Crippen molar-refractivity contribution in [2.24, 2.45) is 11.8 Å². The second-order valence-corrected chi connectivity index (χ2v) is 6.67. The van der Waals surface area contributed by atoms with Gasteiger partial charge in [0.1, 0.15) is 0 Å². The van der Waals surface area contributed by atoms with Gasteiger partial charge in [-0.3, -0.25) is 9.59 Å². The number of likely N-dealkylation sites (tertiary alicyclic amines) is 1. The number of piperidine rings is 1. The minimum atomic E-state index is -0.0982. The van der Waals surface area contributed by atoms with Crippen LogP contribution in [-0.4, -0.2) is 36.3 Å². The Balaban J connectivity index is 1.61. The molecule has 1 N–H and O–H groups in total. The van der Waals surface area contributed by atoms with E-state index in [1.807, 2.05) is 12.1 Å². The van der Waals surface area contributed by atoms with Crippen molar-refractivity contribution in [3.05, 3.63) is 34.9 Å². The lowest BCUT2D eigenvalue weighted by atomic mass is 9.96. The molecule has 0 bridgehead atoms. The van der Waals surface area contributed by atoms with Crippen molar-refractivity contribution in [3.8, 4) is 0 Å². The molecule has 1 saturated heterocycles. The molecule has 5 heteroatoms. The molecule has 1 saturated carbocycles. The van der Waals surface area contributed by atoms with Crippen LogP contribution in [0.25, 0.3) is 0 Å². The molecule has 1 aromatic rings. The Hall–Kier alpha value is -1.55. The Labute approximate surface area is 135 Å². The van der Waals surface area contributed by atoms with Gasteiger partial charge in [0.25, 0.3) is 5.91 Å². The summed E-state index contributed by atoms with van der Waals surface area (Å²) in [6.07, 6.45) is 4.16. The van der Waals surface area contributed by atoms with Gasteiger partial charge in [0.2, 0.25) is 5.91 Å². The van der Waals surface area contributed by atoms with Crippen LogP contribution in [0.5, 0.6) is 0 Å². The van der Waals surface area contributed by atoms with Crippen LogP contribution in [0.15, 0.2) is 24.3 Å². The lowest BCUT2D eigenvalue weighted by Crippen LogP contribution is -2.45. The first-order valence-corrected chi connectivity index (χ1v) is 8.34. The second-order valence-electron chi connectivity index (χ2n) is 6.26. The van der Waals surface area contributed by atoms with Gasteiger partial charge in [-0.2, -0.15) is 0 Å². The number of nitrogens with zero attached hydrogens (tertiary/aromatic N) is 1. The van der Waals surface area contributed by atoms with E-state index in [4.69, 9.17) is 11.6 Å². The lowest BCUT2D eigenvalue weighted by Gasteiger charge is -2.32. The van der Waals surface area contributed by atoms with Gasteiger partial charge in [0.05, 0.1) is 16.5 Å². The first-order valence-electron chi connectivity index (χ1n) is 7.96. The van der Waals surface area contributed by atoms with Crippen LogP contribution in [0.1, 0.15) is 36.0 Å². The Morgan fingerprint density at radius 3 is 2.73 bits per heavy atom. The molecule has 22 heavy (non-hydrogen) atoms. The number of carbonyl (C=O) groups is 2. The van der Waals surface area contributed by atoms with Gasteiger partial charge in [-0.25, -0.2) is 0 Å². The van der Waals surface area contributed by atoms with Crippen molar-refractivity contribution in [1.29, 1.82) is 0 Å². The van der Waals surface area contributed by atoms with E-state index in [9.17, 15) is 9.59 Å². The van der Waals surface area contributed by atoms with E-state index in [1.165, 1.54) is 12.8 Å². The molecule has 1 heterocycles. The average Bonchev–Trinajstić information content (AvgIpc) is 3.37. The molecule has 1 aromatic carbocycles. The molecular weight excluding hydrogens is 300 g/mol. The average molecular weight is 321 g/mol. The van der Waals surface area contributed by atoms with Gasteiger partial charge < -0.3 is 10.2 Å². The monoisotopic (exact) mass is 320 g/mol. The van der Waals surface area contributed by atoms with E-state index < -0.39 is 0 Å². The topological polar surface area (TPSA) is 49.4 Å². The van der Waals surface area contributed by atoms with E-state index >= 15 is 0 Å². The van der Waals surface area contributed by atoms with Crippen LogP contribution >= 0.6 is 11.6 Å². The first kappa shape index (κ1) is 15.3. The van der Waals surface area contributed by atoms with E-state index in [1.54, 1.807) is 17.0 Å². The highest BCUT2D eigenvalue weighted by Gasteiger charge is 2.30. The molecule has 3 rings (SSSR count). The fourth-order valence-electron chi connectivity index (χ4n) is 2.89. The molecule has 1 unspecified atom stereocenters. The minimum absolute atomic E-state index is 0.0784. The summed E-state index contributed by atoms with van der Waals surface area (Å²) in [5.74, 6) is 0.584. The Morgan fingerprint density at radius 1 is 1.23 bits per heavy atom. The van der Waals surface area contributed by atoms with E-state index in [2.05, 4.69) is 5.32 Å². The van der Waals surface area contributed by atoms with Gasteiger partial charge in [-0.05, 0) is 43.7 Å². The number of hydrogen-bond acceptors (Lipinski definition) is 2. The smallest absolute Gasteiger partial charge is 0.255 e. The maximum atomic E-state index is 12.6. The zero-order valence-corrected chi connectivity index (χ0v) is 13.3. The zero-order chi connectivity index (χ0) is 15.5. The van der Waals surface area contributed by atoms with Crippen molar-refractivity contribution in [1.82, 2.24) is 10.2 Å². The fourth-order valence-corrected chi connectivity index (χ4v) is 3.11. The van der Waals surface area contributed by atoms with Gasteiger partial charge in [-0.15, -0.1) is 0 Å². The maximum Gasteiger partial charge on any atom is 0.255 e. The molecule has 0 aromatic heterocycles. The first-order chi connectivity index (χ1) is 10.6. The normalized spacial score (nSPS) is 21.5. The molecule has 118 valence electrons. The highest BCUT2D eigenvalue weighted by molar-refractivity contribution is 6.33.